The van der Waals surface area contributed by atoms with Gasteiger partial charge in [0.25, 0.3) is 11.6 Å². The molecule has 5 nitrogen and oxygen atoms in total. The van der Waals surface area contributed by atoms with Gasteiger partial charge >= 0.3 is 0 Å². The van der Waals surface area contributed by atoms with Gasteiger partial charge in [0.15, 0.2) is 0 Å². The van der Waals surface area contributed by atoms with Crippen molar-refractivity contribution < 1.29 is 9.32 Å². The van der Waals surface area contributed by atoms with E-state index in [4.69, 9.17) is 4.52 Å². The van der Waals surface area contributed by atoms with E-state index < -0.39 is 0 Å². The predicted molar refractivity (Wildman–Crippen MR) is 105 cm³/mol. The smallest absolute Gasteiger partial charge is 0.259 e. The summed E-state index contributed by atoms with van der Waals surface area (Å²) >= 11 is 3.46. The molecule has 134 valence electrons. The SMILES string of the molecule is Cc1ccc(Br)cc1NC(=O)c1cc(C2CC2)nc2onc(C(C)C)c12. The second-order valence-electron chi connectivity index (χ2n) is 7.18. The van der Waals surface area contributed by atoms with Crippen molar-refractivity contribution in [2.75, 3.05) is 5.32 Å². The number of nitrogens with zero attached hydrogens (tertiary/aromatic N) is 2. The lowest BCUT2D eigenvalue weighted by atomic mass is 10.0. The first kappa shape index (κ1) is 17.2. The molecule has 26 heavy (non-hydrogen) atoms. The maximum absolute atomic E-state index is 13.1. The van der Waals surface area contributed by atoms with Crippen LogP contribution in [0.4, 0.5) is 5.69 Å². The highest BCUT2D eigenvalue weighted by molar-refractivity contribution is 9.10. The summed E-state index contributed by atoms with van der Waals surface area (Å²) in [5.74, 6) is 0.403. The van der Waals surface area contributed by atoms with E-state index in [9.17, 15) is 4.79 Å². The quantitative estimate of drug-likeness (QED) is 0.608. The highest BCUT2D eigenvalue weighted by atomic mass is 79.9. The summed E-state index contributed by atoms with van der Waals surface area (Å²) in [4.78, 5) is 17.7. The lowest BCUT2D eigenvalue weighted by Gasteiger charge is -2.11. The van der Waals surface area contributed by atoms with Crippen LogP contribution in [-0.2, 0) is 0 Å². The molecule has 1 aliphatic carbocycles. The molecule has 3 aromatic rings. The minimum absolute atomic E-state index is 0.143. The Bertz CT molecular complexity index is 1010. The Labute approximate surface area is 160 Å². The van der Waals surface area contributed by atoms with E-state index in [0.717, 1.165) is 45.3 Å². The van der Waals surface area contributed by atoms with Gasteiger partial charge in [0, 0.05) is 21.8 Å². The largest absolute Gasteiger partial charge is 0.335 e. The Morgan fingerprint density at radius 1 is 1.31 bits per heavy atom. The summed E-state index contributed by atoms with van der Waals surface area (Å²) in [7, 11) is 0. The van der Waals surface area contributed by atoms with Gasteiger partial charge in [-0.1, -0.05) is 41.0 Å². The van der Waals surface area contributed by atoms with Crippen LogP contribution in [0.15, 0.2) is 33.3 Å². The van der Waals surface area contributed by atoms with Crippen LogP contribution < -0.4 is 5.32 Å². The molecule has 4 rings (SSSR count). The van der Waals surface area contributed by atoms with Crippen LogP contribution in [-0.4, -0.2) is 16.0 Å². The number of pyridine rings is 1. The number of anilines is 1. The number of rotatable bonds is 4. The first-order chi connectivity index (χ1) is 12.4. The Morgan fingerprint density at radius 2 is 2.08 bits per heavy atom. The van der Waals surface area contributed by atoms with Crippen LogP contribution in [0.25, 0.3) is 11.1 Å². The number of fused-ring (bicyclic) bond motifs is 1. The van der Waals surface area contributed by atoms with Gasteiger partial charge in [0.1, 0.15) is 0 Å². The molecule has 1 amide bonds. The first-order valence-electron chi connectivity index (χ1n) is 8.81. The number of aromatic nitrogens is 2. The number of benzene rings is 1. The van der Waals surface area contributed by atoms with Crippen molar-refractivity contribution in [1.82, 2.24) is 10.1 Å². The van der Waals surface area contributed by atoms with E-state index in [1.165, 1.54) is 0 Å². The van der Waals surface area contributed by atoms with Crippen LogP contribution >= 0.6 is 15.9 Å². The topological polar surface area (TPSA) is 68.0 Å². The number of amides is 1. The van der Waals surface area contributed by atoms with Crippen LogP contribution in [0.3, 0.4) is 0 Å². The predicted octanol–water partition coefficient (Wildman–Crippen LogP) is 5.55. The molecule has 0 atom stereocenters. The summed E-state index contributed by atoms with van der Waals surface area (Å²) in [5, 5.41) is 7.93. The first-order valence-corrected chi connectivity index (χ1v) is 9.61. The zero-order chi connectivity index (χ0) is 18.4. The number of nitrogens with one attached hydrogen (secondary N) is 1. The molecule has 2 heterocycles. The van der Waals surface area contributed by atoms with Crippen molar-refractivity contribution in [2.45, 2.75) is 45.4 Å². The molecule has 0 bridgehead atoms. The second-order valence-corrected chi connectivity index (χ2v) is 8.10. The standard InChI is InChI=1S/C20H20BrN3O2/c1-10(2)18-17-14(9-16(12-5-6-12)23-20(17)26-24-18)19(25)22-15-8-13(21)7-4-11(15)3/h4,7-10,12H,5-6H2,1-3H3,(H,22,25). The number of carbonyl (C=O) groups is 1. The molecule has 0 unspecified atom stereocenters. The molecule has 0 radical (unpaired) electrons. The summed E-state index contributed by atoms with van der Waals surface area (Å²) in [6, 6.07) is 7.74. The monoisotopic (exact) mass is 413 g/mol. The molecular weight excluding hydrogens is 394 g/mol. The summed E-state index contributed by atoms with van der Waals surface area (Å²) < 4.78 is 6.39. The Kier molecular flexibility index (Phi) is 4.31. The Morgan fingerprint density at radius 3 is 2.77 bits per heavy atom. The maximum Gasteiger partial charge on any atom is 0.259 e. The normalized spacial score (nSPS) is 14.2. The van der Waals surface area contributed by atoms with Gasteiger partial charge in [-0.2, -0.15) is 0 Å². The van der Waals surface area contributed by atoms with Gasteiger partial charge < -0.3 is 9.84 Å². The van der Waals surface area contributed by atoms with E-state index in [0.29, 0.717) is 17.2 Å². The van der Waals surface area contributed by atoms with Crippen LogP contribution in [0.5, 0.6) is 0 Å². The molecular formula is C20H20BrN3O2. The van der Waals surface area contributed by atoms with Crippen LogP contribution in [0.2, 0.25) is 0 Å². The van der Waals surface area contributed by atoms with Gasteiger partial charge in [-0.3, -0.25) is 4.79 Å². The second kappa shape index (κ2) is 6.50. The minimum atomic E-state index is -0.161. The third-order valence-corrected chi connectivity index (χ3v) is 5.22. The van der Waals surface area contributed by atoms with Crippen molar-refractivity contribution in [2.24, 2.45) is 0 Å². The molecule has 1 saturated carbocycles. The fraction of sp³-hybridized carbons (Fsp3) is 0.350. The maximum atomic E-state index is 13.1. The molecule has 0 saturated heterocycles. The summed E-state index contributed by atoms with van der Waals surface area (Å²) in [6.45, 7) is 6.04. The van der Waals surface area contributed by atoms with Gasteiger partial charge in [0.2, 0.25) is 0 Å². The molecule has 1 N–H and O–H groups in total. The van der Waals surface area contributed by atoms with Crippen molar-refractivity contribution in [3.63, 3.8) is 0 Å². The van der Waals surface area contributed by atoms with Crippen LogP contribution in [0, 0.1) is 6.92 Å². The lowest BCUT2D eigenvalue weighted by Crippen LogP contribution is -2.14. The number of hydrogen-bond acceptors (Lipinski definition) is 4. The summed E-state index contributed by atoms with van der Waals surface area (Å²) in [5.41, 5.74) is 4.51. The number of carbonyl (C=O) groups excluding carboxylic acids is 1. The van der Waals surface area contributed by atoms with Crippen LogP contribution in [0.1, 0.15) is 65.8 Å². The van der Waals surface area contributed by atoms with Gasteiger partial charge in [-0.15, -0.1) is 0 Å². The number of aryl methyl sites for hydroxylation is 1. The molecule has 0 aliphatic heterocycles. The minimum Gasteiger partial charge on any atom is -0.335 e. The fourth-order valence-electron chi connectivity index (χ4n) is 3.07. The fourth-order valence-corrected chi connectivity index (χ4v) is 3.43. The third-order valence-electron chi connectivity index (χ3n) is 4.73. The average molecular weight is 414 g/mol. The zero-order valence-corrected chi connectivity index (χ0v) is 16.6. The highest BCUT2D eigenvalue weighted by Crippen LogP contribution is 2.41. The molecule has 1 fully saturated rings. The summed E-state index contributed by atoms with van der Waals surface area (Å²) in [6.07, 6.45) is 2.21. The molecule has 1 aliphatic rings. The van der Waals surface area contributed by atoms with Crippen molar-refractivity contribution in [3.8, 4) is 0 Å². The van der Waals surface area contributed by atoms with Gasteiger partial charge in [-0.05, 0) is 49.4 Å². The van der Waals surface area contributed by atoms with Gasteiger partial charge in [-0.25, -0.2) is 4.98 Å². The zero-order valence-electron chi connectivity index (χ0n) is 15.0. The third kappa shape index (κ3) is 3.14. The van der Waals surface area contributed by atoms with E-state index in [1.807, 2.05) is 45.0 Å². The molecule has 1 aromatic carbocycles. The number of hydrogen-bond donors (Lipinski definition) is 1. The van der Waals surface area contributed by atoms with E-state index in [-0.39, 0.29) is 11.8 Å². The molecule has 6 heteroatoms. The molecule has 2 aromatic heterocycles. The van der Waals surface area contributed by atoms with Gasteiger partial charge in [0.05, 0.1) is 16.6 Å². The van der Waals surface area contributed by atoms with E-state index >= 15 is 0 Å². The lowest BCUT2D eigenvalue weighted by molar-refractivity contribution is 0.102. The highest BCUT2D eigenvalue weighted by Gasteiger charge is 2.29. The number of halogens is 1. The average Bonchev–Trinajstić information content (AvgIpc) is 3.36. The van der Waals surface area contributed by atoms with Crippen molar-refractivity contribution in [3.05, 3.63) is 51.3 Å². The van der Waals surface area contributed by atoms with E-state index in [2.05, 4.69) is 31.4 Å². The Hall–Kier alpha value is -2.21. The Balaban J connectivity index is 1.81. The van der Waals surface area contributed by atoms with Crippen molar-refractivity contribution in [1.29, 1.82) is 0 Å². The van der Waals surface area contributed by atoms with Crippen molar-refractivity contribution >= 4 is 38.6 Å². The van der Waals surface area contributed by atoms with E-state index in [1.54, 1.807) is 0 Å². The molecule has 0 spiro atoms.